The molecule has 5 heteroatoms. The molecule has 0 atom stereocenters. The third kappa shape index (κ3) is 2.18. The quantitative estimate of drug-likeness (QED) is 0.835. The van der Waals surface area contributed by atoms with Crippen molar-refractivity contribution in [3.05, 3.63) is 27.8 Å². The lowest BCUT2D eigenvalue weighted by Crippen LogP contribution is -2.01. The van der Waals surface area contributed by atoms with Gasteiger partial charge in [0.1, 0.15) is 0 Å². The highest BCUT2D eigenvalue weighted by Crippen LogP contribution is 2.16. The van der Waals surface area contributed by atoms with Gasteiger partial charge in [0.25, 0.3) is 0 Å². The molecule has 2 aromatic rings. The Hall–Kier alpha value is -1.36. The SMILES string of the molecule is CCc1[nH]nc(NCc2cscn2)c1C. The lowest BCUT2D eigenvalue weighted by molar-refractivity contribution is 0.963. The number of thiazole rings is 1. The third-order valence-electron chi connectivity index (χ3n) is 2.38. The molecule has 0 radical (unpaired) electrons. The Labute approximate surface area is 92.8 Å². The number of H-pyrrole nitrogens is 1. The molecule has 0 aliphatic rings. The van der Waals surface area contributed by atoms with Gasteiger partial charge in [-0.2, -0.15) is 5.10 Å². The van der Waals surface area contributed by atoms with Crippen LogP contribution in [0.25, 0.3) is 0 Å². The van der Waals surface area contributed by atoms with Crippen molar-refractivity contribution in [2.24, 2.45) is 0 Å². The van der Waals surface area contributed by atoms with Gasteiger partial charge in [0.05, 0.1) is 17.7 Å². The second-order valence-electron chi connectivity index (χ2n) is 3.36. The summed E-state index contributed by atoms with van der Waals surface area (Å²) in [6.07, 6.45) is 0.983. The van der Waals surface area contributed by atoms with Crippen LogP contribution in [0.2, 0.25) is 0 Å². The van der Waals surface area contributed by atoms with Crippen molar-refractivity contribution in [3.8, 4) is 0 Å². The van der Waals surface area contributed by atoms with Gasteiger partial charge >= 0.3 is 0 Å². The summed E-state index contributed by atoms with van der Waals surface area (Å²) in [6.45, 7) is 4.93. The van der Waals surface area contributed by atoms with Gasteiger partial charge in [0.15, 0.2) is 5.82 Å². The highest BCUT2D eigenvalue weighted by Gasteiger charge is 2.06. The summed E-state index contributed by atoms with van der Waals surface area (Å²) in [5.41, 5.74) is 5.29. The molecule has 0 fully saturated rings. The van der Waals surface area contributed by atoms with Crippen molar-refractivity contribution < 1.29 is 0 Å². The van der Waals surface area contributed by atoms with Crippen LogP contribution in [0.15, 0.2) is 10.9 Å². The van der Waals surface area contributed by atoms with Gasteiger partial charge < -0.3 is 5.32 Å². The van der Waals surface area contributed by atoms with Crippen molar-refractivity contribution >= 4 is 17.2 Å². The Morgan fingerprint density at radius 2 is 2.40 bits per heavy atom. The van der Waals surface area contributed by atoms with E-state index in [1.807, 2.05) is 10.9 Å². The van der Waals surface area contributed by atoms with Gasteiger partial charge in [-0.25, -0.2) is 4.98 Å². The Kier molecular flexibility index (Phi) is 3.01. The van der Waals surface area contributed by atoms with Crippen LogP contribution in [0.4, 0.5) is 5.82 Å². The fourth-order valence-electron chi connectivity index (χ4n) is 1.45. The monoisotopic (exact) mass is 222 g/mol. The van der Waals surface area contributed by atoms with Crippen LogP contribution in [0.3, 0.4) is 0 Å². The first-order valence-corrected chi connectivity index (χ1v) is 5.90. The van der Waals surface area contributed by atoms with Crippen LogP contribution in [0.1, 0.15) is 23.9 Å². The molecular formula is C10H14N4S. The summed E-state index contributed by atoms with van der Waals surface area (Å²) < 4.78 is 0. The van der Waals surface area contributed by atoms with Gasteiger partial charge in [0.2, 0.25) is 0 Å². The molecule has 0 aliphatic carbocycles. The van der Waals surface area contributed by atoms with Crippen LogP contribution in [-0.4, -0.2) is 15.2 Å². The van der Waals surface area contributed by atoms with Gasteiger partial charge in [-0.1, -0.05) is 6.92 Å². The molecule has 0 bridgehead atoms. The molecule has 0 saturated carbocycles. The van der Waals surface area contributed by atoms with E-state index in [9.17, 15) is 0 Å². The van der Waals surface area contributed by atoms with Crippen LogP contribution >= 0.6 is 11.3 Å². The minimum Gasteiger partial charge on any atom is -0.363 e. The summed E-state index contributed by atoms with van der Waals surface area (Å²) in [5.74, 6) is 0.930. The molecule has 0 saturated heterocycles. The molecule has 15 heavy (non-hydrogen) atoms. The maximum Gasteiger partial charge on any atom is 0.151 e. The Bertz CT molecular complexity index is 419. The molecule has 80 valence electrons. The molecular weight excluding hydrogens is 208 g/mol. The molecule has 0 unspecified atom stereocenters. The minimum absolute atomic E-state index is 0.734. The Balaban J connectivity index is 2.02. The van der Waals surface area contributed by atoms with E-state index in [-0.39, 0.29) is 0 Å². The first kappa shape index (κ1) is 10.2. The lowest BCUT2D eigenvalue weighted by atomic mass is 10.2. The van der Waals surface area contributed by atoms with E-state index >= 15 is 0 Å². The molecule has 0 aromatic carbocycles. The maximum absolute atomic E-state index is 4.23. The normalized spacial score (nSPS) is 10.5. The molecule has 2 rings (SSSR count). The highest BCUT2D eigenvalue weighted by atomic mass is 32.1. The first-order chi connectivity index (χ1) is 7.31. The van der Waals surface area contributed by atoms with E-state index in [0.717, 1.165) is 24.5 Å². The Morgan fingerprint density at radius 3 is 3.00 bits per heavy atom. The lowest BCUT2D eigenvalue weighted by Gasteiger charge is -2.01. The number of rotatable bonds is 4. The number of nitrogens with zero attached hydrogens (tertiary/aromatic N) is 2. The second kappa shape index (κ2) is 4.44. The predicted molar refractivity (Wildman–Crippen MR) is 62.1 cm³/mol. The van der Waals surface area contributed by atoms with Crippen LogP contribution in [0.5, 0.6) is 0 Å². The van der Waals surface area contributed by atoms with E-state index in [2.05, 4.69) is 34.3 Å². The topological polar surface area (TPSA) is 53.6 Å². The maximum atomic E-state index is 4.23. The average Bonchev–Trinajstić information content (AvgIpc) is 2.85. The van der Waals surface area contributed by atoms with Crippen LogP contribution in [-0.2, 0) is 13.0 Å². The van der Waals surface area contributed by atoms with Crippen molar-refractivity contribution in [2.45, 2.75) is 26.8 Å². The molecule has 0 spiro atoms. The fraction of sp³-hybridized carbons (Fsp3) is 0.400. The number of hydrogen-bond donors (Lipinski definition) is 2. The summed E-state index contributed by atoms with van der Waals surface area (Å²) in [4.78, 5) is 4.21. The molecule has 2 N–H and O–H groups in total. The summed E-state index contributed by atoms with van der Waals surface area (Å²) >= 11 is 1.61. The zero-order valence-electron chi connectivity index (χ0n) is 8.87. The molecule has 2 heterocycles. The van der Waals surface area contributed by atoms with Gasteiger partial charge in [0, 0.05) is 16.6 Å². The number of aromatic nitrogens is 3. The Morgan fingerprint density at radius 1 is 1.53 bits per heavy atom. The van der Waals surface area contributed by atoms with Crippen molar-refractivity contribution in [1.82, 2.24) is 15.2 Å². The molecule has 0 aliphatic heterocycles. The van der Waals surface area contributed by atoms with E-state index in [1.165, 1.54) is 11.3 Å². The van der Waals surface area contributed by atoms with Gasteiger partial charge in [-0.3, -0.25) is 5.10 Å². The zero-order chi connectivity index (χ0) is 10.7. The van der Waals surface area contributed by atoms with E-state index in [1.54, 1.807) is 11.3 Å². The van der Waals surface area contributed by atoms with Crippen LogP contribution < -0.4 is 5.32 Å². The first-order valence-electron chi connectivity index (χ1n) is 4.96. The fourth-order valence-corrected chi connectivity index (χ4v) is 2.01. The second-order valence-corrected chi connectivity index (χ2v) is 4.08. The third-order valence-corrected chi connectivity index (χ3v) is 3.02. The standard InChI is InChI=1S/C10H14N4S/c1-3-9-7(2)10(14-13-9)11-4-8-5-15-6-12-8/h5-6H,3-4H2,1-2H3,(H2,11,13,14). The van der Waals surface area contributed by atoms with Crippen molar-refractivity contribution in [3.63, 3.8) is 0 Å². The van der Waals surface area contributed by atoms with Crippen LogP contribution in [0, 0.1) is 6.92 Å². The molecule has 4 nitrogen and oxygen atoms in total. The average molecular weight is 222 g/mol. The van der Waals surface area contributed by atoms with Crippen molar-refractivity contribution in [2.75, 3.05) is 5.32 Å². The van der Waals surface area contributed by atoms with E-state index < -0.39 is 0 Å². The van der Waals surface area contributed by atoms with Crippen molar-refractivity contribution in [1.29, 1.82) is 0 Å². The smallest absolute Gasteiger partial charge is 0.151 e. The summed E-state index contributed by atoms with van der Waals surface area (Å²) in [6, 6.07) is 0. The highest BCUT2D eigenvalue weighted by molar-refractivity contribution is 7.07. The van der Waals surface area contributed by atoms with Gasteiger partial charge in [-0.05, 0) is 13.3 Å². The number of hydrogen-bond acceptors (Lipinski definition) is 4. The zero-order valence-corrected chi connectivity index (χ0v) is 9.69. The predicted octanol–water partition coefficient (Wildman–Crippen LogP) is 2.35. The number of aryl methyl sites for hydroxylation is 1. The number of aromatic amines is 1. The molecule has 2 aromatic heterocycles. The minimum atomic E-state index is 0.734. The summed E-state index contributed by atoms with van der Waals surface area (Å²) in [7, 11) is 0. The number of nitrogens with one attached hydrogen (secondary N) is 2. The largest absolute Gasteiger partial charge is 0.363 e. The van der Waals surface area contributed by atoms with Gasteiger partial charge in [-0.15, -0.1) is 11.3 Å². The van der Waals surface area contributed by atoms with E-state index in [0.29, 0.717) is 0 Å². The van der Waals surface area contributed by atoms with E-state index in [4.69, 9.17) is 0 Å². The number of anilines is 1. The summed E-state index contributed by atoms with van der Waals surface area (Å²) in [5, 5.41) is 12.6. The molecule has 0 amide bonds.